The largest absolute Gasteiger partial charge is 0.260 e. The van der Waals surface area contributed by atoms with Gasteiger partial charge in [0.2, 0.25) is 0 Å². The fourth-order valence-electron chi connectivity index (χ4n) is 2.12. The van der Waals surface area contributed by atoms with Gasteiger partial charge < -0.3 is 0 Å². The zero-order valence-electron chi connectivity index (χ0n) is 10.3. The van der Waals surface area contributed by atoms with Crippen LogP contribution in [0.25, 0.3) is 6.08 Å². The molecule has 3 rings (SSSR count). The molecule has 88 valence electrons. The molecule has 1 aromatic carbocycles. The van der Waals surface area contributed by atoms with Crippen molar-refractivity contribution in [3.63, 3.8) is 0 Å². The maximum Gasteiger partial charge on any atom is 0.169 e. The van der Waals surface area contributed by atoms with Crippen LogP contribution >= 0.6 is 0 Å². The smallest absolute Gasteiger partial charge is 0.169 e. The van der Waals surface area contributed by atoms with E-state index in [1.165, 1.54) is 11.1 Å². The molecule has 1 unspecified atom stereocenters. The summed E-state index contributed by atoms with van der Waals surface area (Å²) in [6.07, 6.45) is 10.5. The maximum absolute atomic E-state index is 4.43. The molecule has 2 heterocycles. The lowest BCUT2D eigenvalue weighted by Crippen LogP contribution is -2.25. The summed E-state index contributed by atoms with van der Waals surface area (Å²) in [5.74, 6) is 0.301. The second kappa shape index (κ2) is 4.57. The lowest BCUT2D eigenvalue weighted by atomic mass is 10.00. The van der Waals surface area contributed by atoms with E-state index in [2.05, 4.69) is 59.9 Å². The molecular formula is C16H15N2+. The zero-order chi connectivity index (χ0) is 12.4. The Bertz CT molecular complexity index is 609. The second-order valence-electron chi connectivity index (χ2n) is 4.52. The molecule has 0 aliphatic carbocycles. The van der Waals surface area contributed by atoms with Crippen LogP contribution in [0, 0.1) is 0 Å². The molecule has 0 saturated heterocycles. The van der Waals surface area contributed by atoms with Crippen LogP contribution in [0.15, 0.2) is 59.9 Å². The number of allylic oxidation sites excluding steroid dienone is 1. The Labute approximate surface area is 107 Å². The molecule has 18 heavy (non-hydrogen) atoms. The van der Waals surface area contributed by atoms with E-state index in [1.54, 1.807) is 0 Å². The lowest BCUT2D eigenvalue weighted by Gasteiger charge is -2.02. The molecule has 1 atom stereocenters. The molecular weight excluding hydrogens is 220 g/mol. The minimum absolute atomic E-state index is 0.301. The van der Waals surface area contributed by atoms with E-state index in [9.17, 15) is 0 Å². The highest BCUT2D eigenvalue weighted by atomic mass is 14.9. The predicted octanol–water partition coefficient (Wildman–Crippen LogP) is 3.02. The number of para-hydroxylation sites is 1. The van der Waals surface area contributed by atoms with Gasteiger partial charge in [0.1, 0.15) is 7.05 Å². The van der Waals surface area contributed by atoms with Crippen molar-refractivity contribution in [2.75, 3.05) is 0 Å². The van der Waals surface area contributed by atoms with E-state index in [4.69, 9.17) is 0 Å². The standard InChI is InChI=1S/C16H15N2/c1-18-10-8-13(9-11-18)6-7-14-12-17-16-5-3-2-4-15(14)16/h2-12,14H,1H3/q+1. The predicted molar refractivity (Wildman–Crippen MR) is 74.0 cm³/mol. The monoisotopic (exact) mass is 235 g/mol. The number of aryl methyl sites for hydroxylation is 1. The van der Waals surface area contributed by atoms with Crippen LogP contribution in [0.2, 0.25) is 0 Å². The number of nitrogens with zero attached hydrogens (tertiary/aromatic N) is 2. The summed E-state index contributed by atoms with van der Waals surface area (Å²) in [6.45, 7) is 0. The van der Waals surface area contributed by atoms with Crippen molar-refractivity contribution in [2.45, 2.75) is 5.92 Å². The van der Waals surface area contributed by atoms with E-state index in [0.717, 1.165) is 5.69 Å². The highest BCUT2D eigenvalue weighted by molar-refractivity contribution is 5.83. The third-order valence-electron chi connectivity index (χ3n) is 3.17. The Kier molecular flexibility index (Phi) is 2.77. The molecule has 0 amide bonds. The molecule has 2 aromatic rings. The fraction of sp³-hybridized carbons (Fsp3) is 0.125. The van der Waals surface area contributed by atoms with Crippen molar-refractivity contribution in [3.8, 4) is 0 Å². The number of hydrogen-bond acceptors (Lipinski definition) is 1. The lowest BCUT2D eigenvalue weighted by molar-refractivity contribution is -0.671. The van der Waals surface area contributed by atoms with Gasteiger partial charge in [-0.25, -0.2) is 4.57 Å². The molecule has 2 nitrogen and oxygen atoms in total. The molecule has 0 N–H and O–H groups in total. The number of benzene rings is 1. The fourth-order valence-corrected chi connectivity index (χ4v) is 2.12. The average Bonchev–Trinajstić information content (AvgIpc) is 2.82. The Morgan fingerprint density at radius 3 is 2.72 bits per heavy atom. The highest BCUT2D eigenvalue weighted by Gasteiger charge is 2.14. The molecule has 1 aliphatic heterocycles. The number of aromatic nitrogens is 1. The molecule has 1 aliphatic rings. The van der Waals surface area contributed by atoms with Gasteiger partial charge in [0, 0.05) is 24.3 Å². The summed E-state index contributed by atoms with van der Waals surface area (Å²) >= 11 is 0. The van der Waals surface area contributed by atoms with Crippen molar-refractivity contribution in [2.24, 2.45) is 12.0 Å². The van der Waals surface area contributed by atoms with Crippen molar-refractivity contribution in [3.05, 3.63) is 66.0 Å². The first-order valence-corrected chi connectivity index (χ1v) is 6.09. The first-order chi connectivity index (χ1) is 8.83. The third-order valence-corrected chi connectivity index (χ3v) is 3.17. The van der Waals surface area contributed by atoms with E-state index >= 15 is 0 Å². The van der Waals surface area contributed by atoms with Gasteiger partial charge in [0.05, 0.1) is 5.69 Å². The number of rotatable bonds is 2. The number of pyridine rings is 1. The van der Waals surface area contributed by atoms with Gasteiger partial charge in [-0.1, -0.05) is 30.4 Å². The normalized spacial score (nSPS) is 17.3. The molecule has 1 aromatic heterocycles. The second-order valence-corrected chi connectivity index (χ2v) is 4.52. The van der Waals surface area contributed by atoms with Crippen molar-refractivity contribution >= 4 is 18.0 Å². The Hall–Kier alpha value is -2.22. The highest BCUT2D eigenvalue weighted by Crippen LogP contribution is 2.32. The average molecular weight is 235 g/mol. The molecule has 2 heteroatoms. The Morgan fingerprint density at radius 2 is 1.89 bits per heavy atom. The van der Waals surface area contributed by atoms with Gasteiger partial charge in [-0.3, -0.25) is 4.99 Å². The maximum atomic E-state index is 4.43. The van der Waals surface area contributed by atoms with Crippen molar-refractivity contribution in [1.29, 1.82) is 0 Å². The molecule has 0 saturated carbocycles. The van der Waals surface area contributed by atoms with Crippen molar-refractivity contribution in [1.82, 2.24) is 0 Å². The van der Waals surface area contributed by atoms with Gasteiger partial charge in [0.15, 0.2) is 12.4 Å². The van der Waals surface area contributed by atoms with Gasteiger partial charge in [-0.15, -0.1) is 0 Å². The minimum atomic E-state index is 0.301. The summed E-state index contributed by atoms with van der Waals surface area (Å²) in [6, 6.07) is 12.5. The molecule has 0 bridgehead atoms. The van der Waals surface area contributed by atoms with Crippen LogP contribution in [0.5, 0.6) is 0 Å². The summed E-state index contributed by atoms with van der Waals surface area (Å²) in [5, 5.41) is 0. The van der Waals surface area contributed by atoms with Gasteiger partial charge in [-0.2, -0.15) is 0 Å². The SMILES string of the molecule is C[n+]1ccc(C=CC2C=Nc3ccccc32)cc1. The Morgan fingerprint density at radius 1 is 1.11 bits per heavy atom. The zero-order valence-corrected chi connectivity index (χ0v) is 10.3. The topological polar surface area (TPSA) is 16.2 Å². The van der Waals surface area contributed by atoms with Gasteiger partial charge >= 0.3 is 0 Å². The van der Waals surface area contributed by atoms with Crippen LogP contribution in [-0.2, 0) is 7.05 Å². The summed E-state index contributed by atoms with van der Waals surface area (Å²) < 4.78 is 2.03. The molecule has 0 radical (unpaired) electrons. The Balaban J connectivity index is 1.82. The van der Waals surface area contributed by atoms with Crippen LogP contribution in [0.3, 0.4) is 0 Å². The summed E-state index contributed by atoms with van der Waals surface area (Å²) in [4.78, 5) is 4.43. The van der Waals surface area contributed by atoms with E-state index < -0.39 is 0 Å². The van der Waals surface area contributed by atoms with E-state index in [1.807, 2.05) is 23.9 Å². The summed E-state index contributed by atoms with van der Waals surface area (Å²) in [7, 11) is 2.02. The quantitative estimate of drug-likeness (QED) is 0.711. The summed E-state index contributed by atoms with van der Waals surface area (Å²) in [5.41, 5.74) is 3.59. The van der Waals surface area contributed by atoms with E-state index in [-0.39, 0.29) is 0 Å². The van der Waals surface area contributed by atoms with E-state index in [0.29, 0.717) is 5.92 Å². The van der Waals surface area contributed by atoms with Gasteiger partial charge in [-0.05, 0) is 17.2 Å². The third kappa shape index (κ3) is 2.09. The number of fused-ring (bicyclic) bond motifs is 1. The number of hydrogen-bond donors (Lipinski definition) is 0. The number of aliphatic imine (C=N–C) groups is 1. The van der Waals surface area contributed by atoms with Crippen LogP contribution < -0.4 is 4.57 Å². The van der Waals surface area contributed by atoms with Crippen LogP contribution in [-0.4, -0.2) is 6.21 Å². The molecule has 0 fully saturated rings. The first-order valence-electron chi connectivity index (χ1n) is 6.09. The van der Waals surface area contributed by atoms with Gasteiger partial charge in [0.25, 0.3) is 0 Å². The van der Waals surface area contributed by atoms with Crippen LogP contribution in [0.1, 0.15) is 17.0 Å². The van der Waals surface area contributed by atoms with Crippen molar-refractivity contribution < 1.29 is 4.57 Å². The minimum Gasteiger partial charge on any atom is -0.260 e. The molecule has 0 spiro atoms. The first kappa shape index (κ1) is 10.9. The van der Waals surface area contributed by atoms with Crippen LogP contribution in [0.4, 0.5) is 5.69 Å².